The predicted molar refractivity (Wildman–Crippen MR) is 160 cm³/mol. The van der Waals surface area contributed by atoms with Crippen LogP contribution in [0.5, 0.6) is 0 Å². The minimum Gasteiger partial charge on any atom is -0.393 e. The van der Waals surface area contributed by atoms with Gasteiger partial charge in [0.1, 0.15) is 0 Å². The molecule has 3 nitrogen and oxygen atoms in total. The van der Waals surface area contributed by atoms with Gasteiger partial charge in [-0.25, -0.2) is 0 Å². The topological polar surface area (TPSA) is 60.7 Å². The minimum atomic E-state index is -0.636. The van der Waals surface area contributed by atoms with E-state index < -0.39 is 18.3 Å². The monoisotopic (exact) mass is 530 g/mol. The van der Waals surface area contributed by atoms with Gasteiger partial charge < -0.3 is 15.3 Å². The summed E-state index contributed by atoms with van der Waals surface area (Å²) in [6.07, 6.45) is 16.4. The molecule has 3 heteroatoms. The number of aliphatic hydroxyl groups excluding tert-OH is 3. The maximum absolute atomic E-state index is 11.4. The van der Waals surface area contributed by atoms with Crippen LogP contribution in [0.4, 0.5) is 0 Å². The molecule has 0 heterocycles. The molecule has 0 aromatic heterocycles. The molecule has 0 amide bonds. The molecule has 39 heavy (non-hydrogen) atoms. The molecule has 1 aromatic carbocycles. The van der Waals surface area contributed by atoms with Gasteiger partial charge in [0.15, 0.2) is 0 Å². The van der Waals surface area contributed by atoms with E-state index in [2.05, 4.69) is 82.8 Å². The standard InChI is InChI=1S/C36H50O3/c1-23(2)27-8-6-10-29(20-27)36(18-19-36)34(39)16-11-24(3)31-14-15-32-26(9-7-17-35(31,32)5)12-13-28-21-30(37)22-33(38)25(28)4/h6,8,10-13,16,20,23-24,30-34,37-39H,4,7,9,14-15,17-19,21-22H2,1-3,5H3/b16-11+,26-12+,28-13-/t24-,30-,31-,32+,33+,34+,35-/m1/s1. The van der Waals surface area contributed by atoms with Crippen LogP contribution in [0, 0.1) is 23.2 Å². The van der Waals surface area contributed by atoms with E-state index in [1.807, 2.05) is 0 Å². The molecule has 4 fully saturated rings. The SMILES string of the molecule is C=C1/C(=C\C=C2/CCC[C@]3(C)[C@@H]([C@H](C)/C=C/[C@H](O)C4(c5cccc(C(C)C)c5)CC4)CC[C@@H]23)C[C@@H](O)C[C@@H]1O. The zero-order valence-electron chi connectivity index (χ0n) is 24.6. The van der Waals surface area contributed by atoms with Crippen molar-refractivity contribution in [1.29, 1.82) is 0 Å². The van der Waals surface area contributed by atoms with Crippen LogP contribution in [0.2, 0.25) is 0 Å². The number of rotatable bonds is 7. The highest BCUT2D eigenvalue weighted by molar-refractivity contribution is 5.40. The van der Waals surface area contributed by atoms with Crippen LogP contribution < -0.4 is 0 Å². The van der Waals surface area contributed by atoms with Gasteiger partial charge in [0.25, 0.3) is 0 Å². The number of hydrogen-bond acceptors (Lipinski definition) is 3. The van der Waals surface area contributed by atoms with Gasteiger partial charge in [0.05, 0.1) is 18.3 Å². The molecule has 1 aromatic rings. The summed E-state index contributed by atoms with van der Waals surface area (Å²) in [4.78, 5) is 0. The molecule has 0 radical (unpaired) electrons. The van der Waals surface area contributed by atoms with Gasteiger partial charge >= 0.3 is 0 Å². The molecular formula is C36H50O3. The Kier molecular flexibility index (Phi) is 8.17. The van der Waals surface area contributed by atoms with E-state index in [-0.39, 0.29) is 10.8 Å². The van der Waals surface area contributed by atoms with Crippen molar-refractivity contribution in [3.8, 4) is 0 Å². The van der Waals surface area contributed by atoms with Crippen molar-refractivity contribution in [2.24, 2.45) is 23.2 Å². The Hall–Kier alpha value is -1.94. The summed E-state index contributed by atoms with van der Waals surface area (Å²) in [7, 11) is 0. The fourth-order valence-electron chi connectivity index (χ4n) is 8.30. The van der Waals surface area contributed by atoms with Crippen molar-refractivity contribution in [3.05, 3.63) is 83.0 Å². The summed E-state index contributed by atoms with van der Waals surface area (Å²) in [5.74, 6) is 2.10. The van der Waals surface area contributed by atoms with E-state index in [4.69, 9.17) is 0 Å². The Morgan fingerprint density at radius 1 is 1.03 bits per heavy atom. The molecule has 0 spiro atoms. The first kappa shape index (κ1) is 28.6. The summed E-state index contributed by atoms with van der Waals surface area (Å²) in [6, 6.07) is 8.88. The van der Waals surface area contributed by atoms with Crippen LogP contribution in [0.1, 0.15) is 103 Å². The number of hydrogen-bond donors (Lipinski definition) is 3. The predicted octanol–water partition coefficient (Wildman–Crippen LogP) is 7.54. The largest absolute Gasteiger partial charge is 0.393 e. The second-order valence-corrected chi connectivity index (χ2v) is 13.8. The van der Waals surface area contributed by atoms with Crippen LogP contribution in [0.3, 0.4) is 0 Å². The number of benzene rings is 1. The van der Waals surface area contributed by atoms with Crippen molar-refractivity contribution in [2.75, 3.05) is 0 Å². The molecule has 212 valence electrons. The molecule has 7 atom stereocenters. The first-order valence-corrected chi connectivity index (χ1v) is 15.5. The average Bonchev–Trinajstić information content (AvgIpc) is 3.64. The molecule has 3 N–H and O–H groups in total. The number of aliphatic hydroxyl groups is 3. The second kappa shape index (κ2) is 11.1. The zero-order valence-corrected chi connectivity index (χ0v) is 24.6. The molecule has 5 rings (SSSR count). The zero-order chi connectivity index (χ0) is 27.9. The maximum Gasteiger partial charge on any atom is 0.0817 e. The number of allylic oxidation sites excluding steroid dienone is 4. The van der Waals surface area contributed by atoms with Crippen LogP contribution in [-0.2, 0) is 5.41 Å². The van der Waals surface area contributed by atoms with Gasteiger partial charge in [-0.05, 0) is 103 Å². The summed E-state index contributed by atoms with van der Waals surface area (Å²) in [5, 5.41) is 31.7. The van der Waals surface area contributed by atoms with Crippen LogP contribution in [-0.4, -0.2) is 33.6 Å². The quantitative estimate of drug-likeness (QED) is 0.319. The van der Waals surface area contributed by atoms with Crippen molar-refractivity contribution >= 4 is 0 Å². The first-order valence-electron chi connectivity index (χ1n) is 15.5. The highest BCUT2D eigenvalue weighted by Gasteiger charge is 2.51. The third-order valence-corrected chi connectivity index (χ3v) is 11.0. The number of fused-ring (bicyclic) bond motifs is 1. The van der Waals surface area contributed by atoms with Gasteiger partial charge in [-0.2, -0.15) is 0 Å². The Bertz CT molecular complexity index is 1150. The van der Waals surface area contributed by atoms with Crippen molar-refractivity contribution < 1.29 is 15.3 Å². The van der Waals surface area contributed by atoms with E-state index in [9.17, 15) is 15.3 Å². The van der Waals surface area contributed by atoms with Gasteiger partial charge in [-0.1, -0.05) is 88.4 Å². The highest BCUT2D eigenvalue weighted by atomic mass is 16.3. The third-order valence-electron chi connectivity index (χ3n) is 11.0. The van der Waals surface area contributed by atoms with Crippen LogP contribution >= 0.6 is 0 Å². The molecule has 4 aliphatic rings. The Balaban J connectivity index is 1.29. The van der Waals surface area contributed by atoms with Gasteiger partial charge in [0, 0.05) is 11.8 Å². The van der Waals surface area contributed by atoms with Gasteiger partial charge in [-0.15, -0.1) is 0 Å². The van der Waals surface area contributed by atoms with Crippen molar-refractivity contribution in [2.45, 2.75) is 115 Å². The van der Waals surface area contributed by atoms with E-state index in [1.165, 1.54) is 42.4 Å². The van der Waals surface area contributed by atoms with E-state index in [0.717, 1.165) is 30.4 Å². The molecular weight excluding hydrogens is 480 g/mol. The van der Waals surface area contributed by atoms with E-state index >= 15 is 0 Å². The highest BCUT2D eigenvalue weighted by Crippen LogP contribution is 2.60. The van der Waals surface area contributed by atoms with Gasteiger partial charge in [-0.3, -0.25) is 0 Å². The Morgan fingerprint density at radius 2 is 1.79 bits per heavy atom. The minimum absolute atomic E-state index is 0.109. The fraction of sp³-hybridized carbons (Fsp3) is 0.611. The molecule has 0 aliphatic heterocycles. The van der Waals surface area contributed by atoms with E-state index in [1.54, 1.807) is 0 Å². The molecule has 0 saturated heterocycles. The van der Waals surface area contributed by atoms with Crippen LogP contribution in [0.15, 0.2) is 71.9 Å². The van der Waals surface area contributed by atoms with E-state index in [0.29, 0.717) is 36.5 Å². The summed E-state index contributed by atoms with van der Waals surface area (Å²) in [6.45, 7) is 13.4. The Morgan fingerprint density at radius 3 is 2.51 bits per heavy atom. The van der Waals surface area contributed by atoms with Crippen molar-refractivity contribution in [1.82, 2.24) is 0 Å². The first-order chi connectivity index (χ1) is 18.5. The third kappa shape index (κ3) is 5.52. The molecule has 0 unspecified atom stereocenters. The molecule has 4 aliphatic carbocycles. The lowest BCUT2D eigenvalue weighted by Gasteiger charge is -2.44. The summed E-state index contributed by atoms with van der Waals surface area (Å²) < 4.78 is 0. The molecule has 4 saturated carbocycles. The van der Waals surface area contributed by atoms with Gasteiger partial charge in [0.2, 0.25) is 0 Å². The average molecular weight is 531 g/mol. The maximum atomic E-state index is 11.4. The Labute approximate surface area is 236 Å². The van der Waals surface area contributed by atoms with Crippen molar-refractivity contribution in [3.63, 3.8) is 0 Å². The normalized spacial score (nSPS) is 36.1. The smallest absolute Gasteiger partial charge is 0.0817 e. The molecule has 0 bridgehead atoms. The van der Waals surface area contributed by atoms with Crippen LogP contribution in [0.25, 0.3) is 0 Å². The summed E-state index contributed by atoms with van der Waals surface area (Å²) >= 11 is 0. The lowest BCUT2D eigenvalue weighted by Crippen LogP contribution is -2.35. The summed E-state index contributed by atoms with van der Waals surface area (Å²) in [5.41, 5.74) is 6.09. The lowest BCUT2D eigenvalue weighted by molar-refractivity contribution is 0.0862. The fourth-order valence-corrected chi connectivity index (χ4v) is 8.30. The lowest BCUT2D eigenvalue weighted by atomic mass is 9.61. The second-order valence-electron chi connectivity index (χ2n) is 13.8.